The van der Waals surface area contributed by atoms with Crippen LogP contribution in [0.2, 0.25) is 0 Å². The summed E-state index contributed by atoms with van der Waals surface area (Å²) in [7, 11) is 1.18. The van der Waals surface area contributed by atoms with E-state index in [1.54, 1.807) is 12.1 Å². The van der Waals surface area contributed by atoms with E-state index in [4.69, 9.17) is 0 Å². The normalized spacial score (nSPS) is 13.5. The lowest BCUT2D eigenvalue weighted by atomic mass is 9.94. The molecule has 0 saturated carbocycles. The highest BCUT2D eigenvalue weighted by Gasteiger charge is 2.37. The smallest absolute Gasteiger partial charge is 0.337 e. The molecule has 0 atom stereocenters. The number of halogens is 7. The molecule has 0 aliphatic carbocycles. The van der Waals surface area contributed by atoms with Gasteiger partial charge in [-0.15, -0.1) is 11.8 Å². The largest absolute Gasteiger partial charge is 0.416 e. The molecule has 1 aliphatic heterocycles. The molecule has 40 heavy (non-hydrogen) atoms. The monoisotopic (exact) mass is 580 g/mol. The maximum atomic E-state index is 14.3. The number of carbonyl (C=O) groups is 1. The van der Waals surface area contributed by atoms with E-state index in [-0.39, 0.29) is 29.3 Å². The van der Waals surface area contributed by atoms with Crippen LogP contribution in [0.1, 0.15) is 27.0 Å². The number of benzene rings is 3. The van der Waals surface area contributed by atoms with Crippen molar-refractivity contribution in [1.82, 2.24) is 9.47 Å². The van der Waals surface area contributed by atoms with E-state index in [0.717, 1.165) is 15.9 Å². The van der Waals surface area contributed by atoms with Crippen molar-refractivity contribution in [3.8, 4) is 11.1 Å². The Bertz CT molecular complexity index is 1680. The van der Waals surface area contributed by atoms with E-state index in [9.17, 15) is 40.3 Å². The van der Waals surface area contributed by atoms with Gasteiger partial charge in [-0.2, -0.15) is 26.3 Å². The van der Waals surface area contributed by atoms with Gasteiger partial charge in [0.15, 0.2) is 0 Å². The fourth-order valence-corrected chi connectivity index (χ4v) is 5.87. The van der Waals surface area contributed by atoms with Gasteiger partial charge in [0, 0.05) is 41.7 Å². The van der Waals surface area contributed by atoms with Crippen molar-refractivity contribution < 1.29 is 35.5 Å². The van der Waals surface area contributed by atoms with Crippen molar-refractivity contribution in [1.29, 1.82) is 0 Å². The summed E-state index contributed by atoms with van der Waals surface area (Å²) in [5.74, 6) is -1.01. The van der Waals surface area contributed by atoms with Crippen LogP contribution in [0, 0.1) is 5.82 Å². The van der Waals surface area contributed by atoms with Gasteiger partial charge in [0.2, 0.25) is 0 Å². The first-order valence-electron chi connectivity index (χ1n) is 11.9. The van der Waals surface area contributed by atoms with Crippen LogP contribution in [0.5, 0.6) is 0 Å². The molecular formula is C28H19F7N2O2S. The van der Waals surface area contributed by atoms with Crippen LogP contribution in [0.4, 0.5) is 30.7 Å². The first kappa shape index (κ1) is 27.8. The molecule has 3 aromatic carbocycles. The molecule has 0 bridgehead atoms. The van der Waals surface area contributed by atoms with Crippen LogP contribution in [-0.2, 0) is 25.4 Å². The van der Waals surface area contributed by atoms with E-state index in [1.807, 2.05) is 6.07 Å². The number of nitrogens with zero attached hydrogens (tertiary/aromatic N) is 2. The second-order valence-electron chi connectivity index (χ2n) is 9.29. The minimum atomic E-state index is -5.06. The zero-order chi connectivity index (χ0) is 29.0. The molecule has 1 aliphatic rings. The quantitative estimate of drug-likeness (QED) is 0.240. The number of aromatic nitrogens is 1. The fraction of sp³-hybridized carbons (Fsp3) is 0.214. The summed E-state index contributed by atoms with van der Waals surface area (Å²) < 4.78 is 95.9. The lowest BCUT2D eigenvalue weighted by Gasteiger charge is -2.25. The highest BCUT2D eigenvalue weighted by molar-refractivity contribution is 7.99. The lowest BCUT2D eigenvalue weighted by Crippen LogP contribution is -2.36. The Morgan fingerprint density at radius 2 is 1.60 bits per heavy atom. The zero-order valence-corrected chi connectivity index (χ0v) is 21.5. The van der Waals surface area contributed by atoms with Crippen LogP contribution in [-0.4, -0.2) is 28.2 Å². The molecule has 2 heterocycles. The standard InChI is InChI=1S/C28H19F7N2O2S/c1-36(14-15-10-17(27(30,31)32)13-18(11-15)28(33,34)35)25(38)23-22(16-4-2-5-19(29)12-16)20-6-3-7-21-24(20)37(26(23)39)8-9-40-21/h2-7,10-13H,8-9,14H2,1H3. The molecule has 208 valence electrons. The second-order valence-corrected chi connectivity index (χ2v) is 10.4. The molecular weight excluding hydrogens is 561 g/mol. The van der Waals surface area contributed by atoms with Gasteiger partial charge in [-0.3, -0.25) is 9.59 Å². The maximum Gasteiger partial charge on any atom is 0.416 e. The number of pyridine rings is 1. The summed E-state index contributed by atoms with van der Waals surface area (Å²) in [5, 5.41) is 0.491. The Morgan fingerprint density at radius 1 is 0.950 bits per heavy atom. The topological polar surface area (TPSA) is 42.3 Å². The summed E-state index contributed by atoms with van der Waals surface area (Å²) in [4.78, 5) is 29.2. The van der Waals surface area contributed by atoms with Crippen LogP contribution < -0.4 is 5.56 Å². The number of hydrogen-bond donors (Lipinski definition) is 0. The Labute approximate surface area is 227 Å². The molecule has 1 aromatic heterocycles. The molecule has 0 unspecified atom stereocenters. The Hall–Kier alpha value is -3.80. The van der Waals surface area contributed by atoms with Gasteiger partial charge in [-0.25, -0.2) is 4.39 Å². The number of alkyl halides is 6. The van der Waals surface area contributed by atoms with Crippen LogP contribution in [0.25, 0.3) is 22.0 Å². The van der Waals surface area contributed by atoms with Crippen LogP contribution in [0.15, 0.2) is 70.4 Å². The van der Waals surface area contributed by atoms with Crippen molar-refractivity contribution in [2.45, 2.75) is 30.3 Å². The summed E-state index contributed by atoms with van der Waals surface area (Å²) in [5.41, 5.74) is -3.56. The van der Waals surface area contributed by atoms with E-state index >= 15 is 0 Å². The number of rotatable bonds is 4. The fourth-order valence-electron chi connectivity index (χ4n) is 4.85. The number of aryl methyl sites for hydroxylation is 1. The Kier molecular flexibility index (Phi) is 6.93. The van der Waals surface area contributed by atoms with Gasteiger partial charge in [0.25, 0.3) is 11.5 Å². The van der Waals surface area contributed by atoms with Gasteiger partial charge in [0.05, 0.1) is 16.6 Å². The van der Waals surface area contributed by atoms with E-state index < -0.39 is 52.9 Å². The molecule has 5 rings (SSSR count). The van der Waals surface area contributed by atoms with E-state index in [1.165, 1.54) is 41.6 Å². The third-order valence-corrected chi connectivity index (χ3v) is 7.59. The molecule has 4 aromatic rings. The van der Waals surface area contributed by atoms with E-state index in [2.05, 4.69) is 0 Å². The third kappa shape index (κ3) is 5.07. The number of hydrogen-bond acceptors (Lipinski definition) is 3. The van der Waals surface area contributed by atoms with Crippen molar-refractivity contribution in [2.75, 3.05) is 12.8 Å². The van der Waals surface area contributed by atoms with Crippen LogP contribution >= 0.6 is 11.8 Å². The first-order valence-corrected chi connectivity index (χ1v) is 12.9. The molecule has 0 fully saturated rings. The number of carbonyl (C=O) groups excluding carboxylic acids is 1. The average molecular weight is 581 g/mol. The summed E-state index contributed by atoms with van der Waals surface area (Å²) >= 11 is 1.51. The Morgan fingerprint density at radius 3 is 2.23 bits per heavy atom. The van der Waals surface area contributed by atoms with Gasteiger partial charge >= 0.3 is 12.4 Å². The second kappa shape index (κ2) is 9.99. The molecule has 0 spiro atoms. The minimum absolute atomic E-state index is 0.00342. The highest BCUT2D eigenvalue weighted by Crippen LogP contribution is 2.39. The summed E-state index contributed by atoms with van der Waals surface area (Å²) in [6.45, 7) is -0.380. The van der Waals surface area contributed by atoms with Crippen molar-refractivity contribution in [3.63, 3.8) is 0 Å². The zero-order valence-electron chi connectivity index (χ0n) is 20.7. The number of amides is 1. The molecule has 1 amide bonds. The molecule has 0 saturated heterocycles. The van der Waals surface area contributed by atoms with Crippen molar-refractivity contribution >= 4 is 28.6 Å². The maximum absolute atomic E-state index is 14.3. The average Bonchev–Trinajstić information content (AvgIpc) is 2.89. The third-order valence-electron chi connectivity index (χ3n) is 6.56. The Balaban J connectivity index is 1.67. The summed E-state index contributed by atoms with van der Waals surface area (Å²) in [6, 6.07) is 11.6. The summed E-state index contributed by atoms with van der Waals surface area (Å²) in [6.07, 6.45) is -10.1. The van der Waals surface area contributed by atoms with Gasteiger partial charge in [-0.1, -0.05) is 24.3 Å². The number of thioether (sulfide) groups is 1. The van der Waals surface area contributed by atoms with E-state index in [0.29, 0.717) is 28.8 Å². The van der Waals surface area contributed by atoms with Gasteiger partial charge < -0.3 is 9.47 Å². The highest BCUT2D eigenvalue weighted by atomic mass is 32.2. The molecule has 12 heteroatoms. The lowest BCUT2D eigenvalue weighted by molar-refractivity contribution is -0.143. The number of para-hydroxylation sites is 1. The molecule has 0 N–H and O–H groups in total. The molecule has 4 nitrogen and oxygen atoms in total. The molecule has 0 radical (unpaired) electrons. The minimum Gasteiger partial charge on any atom is -0.337 e. The predicted octanol–water partition coefficient (Wildman–Crippen LogP) is 7.22. The van der Waals surface area contributed by atoms with Crippen molar-refractivity contribution in [3.05, 3.63) is 99.1 Å². The SMILES string of the molecule is CN(Cc1cc(C(F)(F)F)cc(C(F)(F)F)c1)C(=O)c1c(-c2cccc(F)c2)c2cccc3c2n(c1=O)CCS3. The van der Waals surface area contributed by atoms with Crippen molar-refractivity contribution in [2.24, 2.45) is 0 Å². The predicted molar refractivity (Wildman–Crippen MR) is 137 cm³/mol. The van der Waals surface area contributed by atoms with Crippen LogP contribution in [0.3, 0.4) is 0 Å². The van der Waals surface area contributed by atoms with Gasteiger partial charge in [-0.05, 0) is 47.5 Å². The van der Waals surface area contributed by atoms with Gasteiger partial charge in [0.1, 0.15) is 11.4 Å². The first-order chi connectivity index (χ1) is 18.8.